The third kappa shape index (κ3) is 8.11. The summed E-state index contributed by atoms with van der Waals surface area (Å²) in [5.74, 6) is 0. The van der Waals surface area contributed by atoms with Crippen molar-refractivity contribution in [1.29, 1.82) is 0 Å². The van der Waals surface area contributed by atoms with Crippen LogP contribution < -0.4 is 0 Å². The highest BCUT2D eigenvalue weighted by Gasteiger charge is 1.91. The van der Waals surface area contributed by atoms with Gasteiger partial charge in [0.15, 0.2) is 5.58 Å². The Balaban J connectivity index is 0.000000274. The van der Waals surface area contributed by atoms with Gasteiger partial charge in [0.2, 0.25) is 0 Å². The lowest BCUT2D eigenvalue weighted by Gasteiger charge is -1.80. The maximum absolute atomic E-state index is 8.36. The standard InChI is InChI=1S/C7H5NO.2HNO3/c1-2-7-6(8-4-1)3-5-9-7;2*2-1(3)4/h1-5H;2*(H,2,3,4). The van der Waals surface area contributed by atoms with E-state index in [-0.39, 0.29) is 0 Å². The lowest BCUT2D eigenvalue weighted by atomic mass is 10.4. The van der Waals surface area contributed by atoms with Crippen molar-refractivity contribution in [1.82, 2.24) is 4.98 Å². The van der Waals surface area contributed by atoms with E-state index in [1.807, 2.05) is 18.2 Å². The second kappa shape index (κ2) is 7.39. The topological polar surface area (TPSA) is 153 Å². The fourth-order valence-corrected chi connectivity index (χ4v) is 0.799. The van der Waals surface area contributed by atoms with Gasteiger partial charge in [-0.15, -0.1) is 20.2 Å². The van der Waals surface area contributed by atoms with Crippen LogP contribution >= 0.6 is 0 Å². The van der Waals surface area contributed by atoms with Crippen LogP contribution in [0.2, 0.25) is 0 Å². The molecule has 0 saturated carbocycles. The molecule has 17 heavy (non-hydrogen) atoms. The molecular weight excluding hydrogens is 238 g/mol. The molecule has 0 spiro atoms. The van der Waals surface area contributed by atoms with Gasteiger partial charge in [-0.1, -0.05) is 0 Å². The maximum Gasteiger partial charge on any atom is 0.291 e. The Hall–Kier alpha value is -2.91. The number of aromatic nitrogens is 1. The zero-order valence-electron chi connectivity index (χ0n) is 8.16. The van der Waals surface area contributed by atoms with E-state index >= 15 is 0 Å². The van der Waals surface area contributed by atoms with E-state index in [1.54, 1.807) is 12.5 Å². The van der Waals surface area contributed by atoms with Crippen LogP contribution in [0.15, 0.2) is 35.1 Å². The van der Waals surface area contributed by atoms with E-state index in [1.165, 1.54) is 0 Å². The van der Waals surface area contributed by atoms with Crippen LogP contribution in [-0.4, -0.2) is 25.6 Å². The van der Waals surface area contributed by atoms with Crippen molar-refractivity contribution in [2.24, 2.45) is 0 Å². The number of fused-ring (bicyclic) bond motifs is 1. The van der Waals surface area contributed by atoms with Crippen molar-refractivity contribution >= 4 is 11.1 Å². The average Bonchev–Trinajstić information content (AvgIpc) is 2.62. The molecule has 0 radical (unpaired) electrons. The van der Waals surface area contributed by atoms with Gasteiger partial charge in [-0.3, -0.25) is 4.98 Å². The van der Waals surface area contributed by atoms with Gasteiger partial charge in [-0.05, 0) is 12.1 Å². The number of pyridine rings is 1. The number of rotatable bonds is 0. The van der Waals surface area contributed by atoms with Crippen LogP contribution in [0.1, 0.15) is 0 Å². The summed E-state index contributed by atoms with van der Waals surface area (Å²) in [6, 6.07) is 5.59. The normalized spacial score (nSPS) is 8.24. The quantitative estimate of drug-likeness (QED) is 0.517. The molecule has 0 atom stereocenters. The van der Waals surface area contributed by atoms with Crippen molar-refractivity contribution in [2.75, 3.05) is 0 Å². The van der Waals surface area contributed by atoms with Crippen LogP contribution in [-0.2, 0) is 0 Å². The first-order valence-corrected chi connectivity index (χ1v) is 3.88. The molecule has 0 aliphatic carbocycles. The van der Waals surface area contributed by atoms with E-state index in [2.05, 4.69) is 4.98 Å². The van der Waals surface area contributed by atoms with E-state index < -0.39 is 10.2 Å². The molecule has 2 N–H and O–H groups in total. The second-order valence-corrected chi connectivity index (χ2v) is 2.28. The smallest absolute Gasteiger partial charge is 0.291 e. The Morgan fingerprint density at radius 2 is 1.71 bits per heavy atom. The SMILES string of the molecule is O=[N+]([O-])O.O=[N+]([O-])O.c1cnc2ccoc2c1. The minimum absolute atomic E-state index is 0.845. The van der Waals surface area contributed by atoms with E-state index in [0.29, 0.717) is 0 Å². The molecule has 2 heterocycles. The molecule has 2 aromatic heterocycles. The molecule has 0 saturated heterocycles. The Labute approximate surface area is 92.9 Å². The Morgan fingerprint density at radius 1 is 1.18 bits per heavy atom. The zero-order chi connectivity index (χ0) is 13.3. The molecule has 0 aliphatic rings. The first kappa shape index (κ1) is 14.1. The highest BCUT2D eigenvalue weighted by Crippen LogP contribution is 2.09. The van der Waals surface area contributed by atoms with Crippen LogP contribution in [0, 0.1) is 20.2 Å². The third-order valence-corrected chi connectivity index (χ3v) is 1.22. The second-order valence-electron chi connectivity index (χ2n) is 2.28. The fraction of sp³-hybridized carbons (Fsp3) is 0. The van der Waals surface area contributed by atoms with E-state index in [0.717, 1.165) is 11.1 Å². The maximum atomic E-state index is 8.36. The van der Waals surface area contributed by atoms with Crippen molar-refractivity contribution in [3.05, 3.63) is 50.9 Å². The van der Waals surface area contributed by atoms with Gasteiger partial charge in [0.1, 0.15) is 5.52 Å². The predicted octanol–water partition coefficient (Wildman–Crippen LogP) is 1.13. The third-order valence-electron chi connectivity index (χ3n) is 1.22. The van der Waals surface area contributed by atoms with Crippen LogP contribution in [0.3, 0.4) is 0 Å². The molecule has 0 bridgehead atoms. The van der Waals surface area contributed by atoms with Crippen LogP contribution in [0.25, 0.3) is 11.1 Å². The highest BCUT2D eigenvalue weighted by atomic mass is 16.9. The van der Waals surface area contributed by atoms with E-state index in [4.69, 9.17) is 35.1 Å². The molecule has 0 unspecified atom stereocenters. The monoisotopic (exact) mass is 245 g/mol. The van der Waals surface area contributed by atoms with Crippen molar-refractivity contribution in [3.8, 4) is 0 Å². The van der Waals surface area contributed by atoms with Gasteiger partial charge in [-0.25, -0.2) is 0 Å². The van der Waals surface area contributed by atoms with Gasteiger partial charge < -0.3 is 14.8 Å². The minimum atomic E-state index is -1.50. The summed E-state index contributed by atoms with van der Waals surface area (Å²) in [7, 11) is 0. The molecule has 0 fully saturated rings. The molecule has 10 nitrogen and oxygen atoms in total. The lowest BCUT2D eigenvalue weighted by Crippen LogP contribution is -1.81. The summed E-state index contributed by atoms with van der Waals surface area (Å²) in [6.07, 6.45) is 3.38. The number of hydrogen-bond donors (Lipinski definition) is 2. The molecule has 0 amide bonds. The zero-order valence-corrected chi connectivity index (χ0v) is 8.16. The molecule has 2 rings (SSSR count). The Morgan fingerprint density at radius 3 is 2.18 bits per heavy atom. The summed E-state index contributed by atoms with van der Waals surface area (Å²) in [6.45, 7) is 0. The van der Waals surface area contributed by atoms with Crippen LogP contribution in [0.4, 0.5) is 0 Å². The number of nitrogens with zero attached hydrogens (tertiary/aromatic N) is 3. The van der Waals surface area contributed by atoms with Crippen LogP contribution in [0.5, 0.6) is 0 Å². The summed E-state index contributed by atoms with van der Waals surface area (Å²) in [5, 5.41) is 27.3. The summed E-state index contributed by atoms with van der Waals surface area (Å²) < 4.78 is 5.06. The fourth-order valence-electron chi connectivity index (χ4n) is 0.799. The summed E-state index contributed by atoms with van der Waals surface area (Å²) in [4.78, 5) is 20.8. The van der Waals surface area contributed by atoms with Gasteiger partial charge in [0.25, 0.3) is 10.2 Å². The number of furan rings is 1. The molecule has 0 aromatic carbocycles. The largest absolute Gasteiger partial charge is 0.463 e. The highest BCUT2D eigenvalue weighted by molar-refractivity contribution is 5.71. The van der Waals surface area contributed by atoms with Gasteiger partial charge in [0, 0.05) is 12.3 Å². The molecule has 0 aliphatic heterocycles. The van der Waals surface area contributed by atoms with Crippen molar-refractivity contribution in [2.45, 2.75) is 0 Å². The Bertz CT molecular complexity index is 433. The first-order chi connectivity index (χ1) is 7.93. The molecule has 10 heteroatoms. The van der Waals surface area contributed by atoms with E-state index in [9.17, 15) is 0 Å². The summed E-state index contributed by atoms with van der Waals surface area (Å²) >= 11 is 0. The van der Waals surface area contributed by atoms with Gasteiger partial charge >= 0.3 is 0 Å². The van der Waals surface area contributed by atoms with Crippen molar-refractivity contribution in [3.63, 3.8) is 0 Å². The summed E-state index contributed by atoms with van der Waals surface area (Å²) in [5.41, 5.74) is 1.76. The first-order valence-electron chi connectivity index (χ1n) is 3.88. The molecule has 92 valence electrons. The average molecular weight is 245 g/mol. The van der Waals surface area contributed by atoms with Gasteiger partial charge in [0.05, 0.1) is 6.26 Å². The molecule has 2 aromatic rings. The predicted molar refractivity (Wildman–Crippen MR) is 51.6 cm³/mol. The van der Waals surface area contributed by atoms with Crippen molar-refractivity contribution < 1.29 is 25.0 Å². The Kier molecular flexibility index (Phi) is 6.13. The minimum Gasteiger partial charge on any atom is -0.463 e. The number of hydrogen-bond acceptors (Lipinski definition) is 6. The lowest BCUT2D eigenvalue weighted by molar-refractivity contribution is -0.742. The molecular formula is C7H7N3O7. The van der Waals surface area contributed by atoms with Gasteiger partial charge in [-0.2, -0.15) is 0 Å².